The zero-order valence-corrected chi connectivity index (χ0v) is 13.6. The summed E-state index contributed by atoms with van der Waals surface area (Å²) in [6.45, 7) is 2.05. The van der Waals surface area contributed by atoms with E-state index in [1.165, 1.54) is 36.2 Å². The molecular formula is C21H20FNO. The molecule has 2 aliphatic rings. The molecule has 2 aromatic carbocycles. The van der Waals surface area contributed by atoms with Crippen LogP contribution in [0.1, 0.15) is 40.7 Å². The number of nitrogens with zero attached hydrogens (tertiary/aromatic N) is 1. The Bertz CT molecular complexity index is 801. The number of allylic oxidation sites excluding steroid dienone is 2. The number of rotatable bonds is 3. The molecule has 0 radical (unpaired) electrons. The molecule has 2 aromatic rings. The first kappa shape index (κ1) is 15.1. The topological polar surface area (TPSA) is 20.3 Å². The molecule has 0 spiro atoms. The fourth-order valence-corrected chi connectivity index (χ4v) is 3.82. The fraction of sp³-hybridized carbons (Fsp3) is 0.286. The van der Waals surface area contributed by atoms with E-state index in [1.807, 2.05) is 18.2 Å². The van der Waals surface area contributed by atoms with Gasteiger partial charge >= 0.3 is 0 Å². The fourth-order valence-electron chi connectivity index (χ4n) is 3.82. The Hall–Kier alpha value is -2.42. The van der Waals surface area contributed by atoms with Crippen molar-refractivity contribution >= 4 is 11.4 Å². The Labute approximate surface area is 141 Å². The van der Waals surface area contributed by atoms with Crippen molar-refractivity contribution in [2.75, 3.05) is 13.1 Å². The first-order valence-corrected chi connectivity index (χ1v) is 8.60. The quantitative estimate of drug-likeness (QED) is 0.778. The number of halogens is 1. The molecule has 0 saturated carbocycles. The van der Waals surface area contributed by atoms with Crippen LogP contribution < -0.4 is 0 Å². The monoisotopic (exact) mass is 321 g/mol. The van der Waals surface area contributed by atoms with Crippen LogP contribution in [-0.4, -0.2) is 23.8 Å². The highest BCUT2D eigenvalue weighted by Gasteiger charge is 2.29. The Morgan fingerprint density at radius 1 is 0.917 bits per heavy atom. The summed E-state index contributed by atoms with van der Waals surface area (Å²) in [7, 11) is 0. The van der Waals surface area contributed by atoms with Gasteiger partial charge in [-0.2, -0.15) is 0 Å². The average molecular weight is 321 g/mol. The van der Waals surface area contributed by atoms with Gasteiger partial charge in [0.2, 0.25) is 0 Å². The highest BCUT2D eigenvalue weighted by molar-refractivity contribution is 6.30. The number of Topliss-reactive ketones (excluding diaryl/α,β-unsaturated/α-hetero) is 1. The summed E-state index contributed by atoms with van der Waals surface area (Å²) in [5.41, 5.74) is 4.80. The third-order valence-corrected chi connectivity index (χ3v) is 5.03. The summed E-state index contributed by atoms with van der Waals surface area (Å²) in [5.74, 6) is -0.312. The summed E-state index contributed by atoms with van der Waals surface area (Å²) in [6.07, 6.45) is 4.24. The molecule has 122 valence electrons. The second kappa shape index (κ2) is 6.23. The molecule has 0 bridgehead atoms. The molecule has 2 nitrogen and oxygen atoms in total. The van der Waals surface area contributed by atoms with Gasteiger partial charge in [0.05, 0.1) is 0 Å². The van der Waals surface area contributed by atoms with Gasteiger partial charge in [0.15, 0.2) is 5.78 Å². The van der Waals surface area contributed by atoms with Crippen LogP contribution >= 0.6 is 0 Å². The Morgan fingerprint density at radius 3 is 2.38 bits per heavy atom. The maximum Gasteiger partial charge on any atom is 0.195 e. The molecule has 1 heterocycles. The number of carbonyl (C=O) groups is 1. The largest absolute Gasteiger partial charge is 0.374 e. The molecule has 1 fully saturated rings. The van der Waals surface area contributed by atoms with Crippen LogP contribution in [-0.2, 0) is 6.42 Å². The van der Waals surface area contributed by atoms with E-state index in [0.717, 1.165) is 37.1 Å². The summed E-state index contributed by atoms with van der Waals surface area (Å²) >= 11 is 0. The third-order valence-electron chi connectivity index (χ3n) is 5.03. The van der Waals surface area contributed by atoms with Crippen molar-refractivity contribution in [2.24, 2.45) is 0 Å². The minimum atomic E-state index is -0.315. The highest BCUT2D eigenvalue weighted by atomic mass is 19.1. The van der Waals surface area contributed by atoms with Gasteiger partial charge < -0.3 is 4.90 Å². The van der Waals surface area contributed by atoms with Crippen molar-refractivity contribution in [3.63, 3.8) is 0 Å². The highest BCUT2D eigenvalue weighted by Crippen LogP contribution is 2.36. The van der Waals surface area contributed by atoms with Crippen LogP contribution in [0.3, 0.4) is 0 Å². The standard InChI is InChI=1S/C21H20FNO/c22-17-10-7-16(8-11-17)21(24)20-18-6-2-1-5-15(18)9-12-19(20)23-13-3-4-14-23/h1-2,5-8,10-11H,3-4,9,12-14H2. The SMILES string of the molecule is O=C(C1=C(N2CCCC2)CCc2ccccc21)c1ccc(F)cc1. The van der Waals surface area contributed by atoms with E-state index in [9.17, 15) is 9.18 Å². The van der Waals surface area contributed by atoms with Crippen molar-refractivity contribution in [1.82, 2.24) is 4.90 Å². The maximum atomic E-state index is 13.2. The molecule has 24 heavy (non-hydrogen) atoms. The Morgan fingerprint density at radius 2 is 1.62 bits per heavy atom. The van der Waals surface area contributed by atoms with Crippen molar-refractivity contribution < 1.29 is 9.18 Å². The first-order valence-electron chi connectivity index (χ1n) is 8.60. The summed E-state index contributed by atoms with van der Waals surface area (Å²) in [6, 6.07) is 14.1. The van der Waals surface area contributed by atoms with Gasteiger partial charge in [0.1, 0.15) is 5.82 Å². The van der Waals surface area contributed by atoms with Crippen LogP contribution in [0.15, 0.2) is 54.2 Å². The van der Waals surface area contributed by atoms with Crippen LogP contribution in [0.4, 0.5) is 4.39 Å². The number of likely N-dealkylation sites (tertiary alicyclic amines) is 1. The second-order valence-corrected chi connectivity index (χ2v) is 6.51. The predicted octanol–water partition coefficient (Wildman–Crippen LogP) is 4.46. The average Bonchev–Trinajstić information content (AvgIpc) is 3.15. The van der Waals surface area contributed by atoms with E-state index < -0.39 is 0 Å². The van der Waals surface area contributed by atoms with Crippen LogP contribution in [0.25, 0.3) is 5.57 Å². The molecule has 0 atom stereocenters. The molecule has 0 amide bonds. The maximum absolute atomic E-state index is 13.2. The van der Waals surface area contributed by atoms with Crippen molar-refractivity contribution in [1.29, 1.82) is 0 Å². The van der Waals surface area contributed by atoms with Gasteiger partial charge in [-0.1, -0.05) is 24.3 Å². The van der Waals surface area contributed by atoms with Gasteiger partial charge in [-0.15, -0.1) is 0 Å². The molecule has 1 saturated heterocycles. The first-order chi connectivity index (χ1) is 11.7. The van der Waals surface area contributed by atoms with E-state index in [-0.39, 0.29) is 11.6 Å². The smallest absolute Gasteiger partial charge is 0.195 e. The molecule has 0 N–H and O–H groups in total. The predicted molar refractivity (Wildman–Crippen MR) is 93.2 cm³/mol. The lowest BCUT2D eigenvalue weighted by Crippen LogP contribution is -2.25. The van der Waals surface area contributed by atoms with Gasteiger partial charge in [0.25, 0.3) is 0 Å². The summed E-state index contributed by atoms with van der Waals surface area (Å²) in [4.78, 5) is 15.6. The van der Waals surface area contributed by atoms with Crippen molar-refractivity contribution in [2.45, 2.75) is 25.7 Å². The Balaban J connectivity index is 1.84. The number of fused-ring (bicyclic) bond motifs is 1. The number of carbonyl (C=O) groups excluding carboxylic acids is 1. The Kier molecular flexibility index (Phi) is 3.93. The lowest BCUT2D eigenvalue weighted by Gasteiger charge is -2.30. The molecule has 0 unspecified atom stereocenters. The third kappa shape index (κ3) is 2.64. The molecular weight excluding hydrogens is 301 g/mol. The van der Waals surface area contributed by atoms with Crippen LogP contribution in [0.2, 0.25) is 0 Å². The number of ketones is 1. The number of hydrogen-bond donors (Lipinski definition) is 0. The van der Waals surface area contributed by atoms with E-state index >= 15 is 0 Å². The normalized spacial score (nSPS) is 17.1. The van der Waals surface area contributed by atoms with E-state index in [1.54, 1.807) is 12.1 Å². The molecule has 4 rings (SSSR count). The lowest BCUT2D eigenvalue weighted by molar-refractivity contribution is 0.105. The van der Waals surface area contributed by atoms with Gasteiger partial charge in [-0.25, -0.2) is 4.39 Å². The summed E-state index contributed by atoms with van der Waals surface area (Å²) < 4.78 is 13.2. The summed E-state index contributed by atoms with van der Waals surface area (Å²) in [5, 5.41) is 0. The molecule has 1 aliphatic carbocycles. The van der Waals surface area contributed by atoms with E-state index in [0.29, 0.717) is 5.56 Å². The van der Waals surface area contributed by atoms with Gasteiger partial charge in [-0.3, -0.25) is 4.79 Å². The minimum absolute atomic E-state index is 0.00375. The van der Waals surface area contributed by atoms with Crippen LogP contribution in [0.5, 0.6) is 0 Å². The van der Waals surface area contributed by atoms with Gasteiger partial charge in [0, 0.05) is 29.9 Å². The lowest BCUT2D eigenvalue weighted by atomic mass is 9.84. The van der Waals surface area contributed by atoms with E-state index in [4.69, 9.17) is 0 Å². The molecule has 3 heteroatoms. The van der Waals surface area contributed by atoms with Crippen molar-refractivity contribution in [3.05, 3.63) is 76.7 Å². The minimum Gasteiger partial charge on any atom is -0.374 e. The van der Waals surface area contributed by atoms with Gasteiger partial charge in [-0.05, 0) is 61.1 Å². The molecule has 0 aromatic heterocycles. The second-order valence-electron chi connectivity index (χ2n) is 6.51. The number of hydrogen-bond acceptors (Lipinski definition) is 2. The van der Waals surface area contributed by atoms with E-state index in [2.05, 4.69) is 11.0 Å². The number of benzene rings is 2. The molecule has 1 aliphatic heterocycles. The zero-order valence-electron chi connectivity index (χ0n) is 13.6. The zero-order chi connectivity index (χ0) is 16.5. The van der Waals surface area contributed by atoms with Crippen LogP contribution in [0, 0.1) is 5.82 Å². The number of aryl methyl sites for hydroxylation is 1. The van der Waals surface area contributed by atoms with Crippen molar-refractivity contribution in [3.8, 4) is 0 Å².